The Labute approximate surface area is 171 Å². The lowest BCUT2D eigenvalue weighted by Gasteiger charge is -2.18. The Morgan fingerprint density at radius 1 is 1.21 bits per heavy atom. The largest absolute Gasteiger partial charge is 0.497 e. The molecule has 0 saturated heterocycles. The first-order valence-corrected chi connectivity index (χ1v) is 10.2. The van der Waals surface area contributed by atoms with Gasteiger partial charge in [-0.05, 0) is 49.6 Å². The highest BCUT2D eigenvalue weighted by atomic mass is 16.5. The third-order valence-corrected chi connectivity index (χ3v) is 5.65. The number of anilines is 2. The van der Waals surface area contributed by atoms with Gasteiger partial charge >= 0.3 is 6.03 Å². The van der Waals surface area contributed by atoms with Gasteiger partial charge in [-0.2, -0.15) is 0 Å². The Morgan fingerprint density at radius 2 is 2.03 bits per heavy atom. The first kappa shape index (κ1) is 19.2. The Balaban J connectivity index is 1.76. The molecule has 3 aromatic rings. The highest BCUT2D eigenvalue weighted by molar-refractivity contribution is 6.02. The summed E-state index contributed by atoms with van der Waals surface area (Å²) < 4.78 is 7.63. The molecular formula is C23H28N4O2. The highest BCUT2D eigenvalue weighted by Crippen LogP contribution is 2.40. The van der Waals surface area contributed by atoms with Crippen molar-refractivity contribution in [2.24, 2.45) is 0 Å². The van der Waals surface area contributed by atoms with Crippen LogP contribution in [0.3, 0.4) is 0 Å². The summed E-state index contributed by atoms with van der Waals surface area (Å²) in [4.78, 5) is 14.3. The molecule has 0 bridgehead atoms. The van der Waals surface area contributed by atoms with Gasteiger partial charge in [0.25, 0.3) is 0 Å². The fourth-order valence-corrected chi connectivity index (χ4v) is 4.21. The standard InChI is InChI=1S/C23H28N4O2/c1-4-11-25-23(28)27-12-10-15-13-16(6-9-19(15)27)22-21(24)18-8-7-17(29-3)14-20(18)26(22)5-2/h6-9,13-14H,4-5,10-12,24H2,1-3H3,(H,25,28). The van der Waals surface area contributed by atoms with E-state index in [9.17, 15) is 4.79 Å². The Bertz CT molecular complexity index is 1070. The van der Waals surface area contributed by atoms with Crippen LogP contribution < -0.4 is 20.7 Å². The van der Waals surface area contributed by atoms with Crippen molar-refractivity contribution >= 4 is 28.3 Å². The monoisotopic (exact) mass is 392 g/mol. The number of carbonyl (C=O) groups is 1. The lowest BCUT2D eigenvalue weighted by molar-refractivity contribution is 0.247. The fraction of sp³-hybridized carbons (Fsp3) is 0.348. The zero-order valence-electron chi connectivity index (χ0n) is 17.3. The number of rotatable bonds is 5. The predicted octanol–water partition coefficient (Wildman–Crippen LogP) is 4.40. The van der Waals surface area contributed by atoms with E-state index in [-0.39, 0.29) is 6.03 Å². The molecule has 0 atom stereocenters. The number of ether oxygens (including phenoxy) is 1. The molecule has 6 heteroatoms. The van der Waals surface area contributed by atoms with Crippen LogP contribution in [0.25, 0.3) is 22.2 Å². The number of nitrogens with one attached hydrogen (secondary N) is 1. The van der Waals surface area contributed by atoms with Crippen LogP contribution in [-0.4, -0.2) is 30.8 Å². The molecule has 2 amide bonds. The van der Waals surface area contributed by atoms with Crippen molar-refractivity contribution in [3.8, 4) is 17.0 Å². The number of aromatic nitrogens is 1. The van der Waals surface area contributed by atoms with Gasteiger partial charge in [-0.15, -0.1) is 0 Å². The molecule has 2 heterocycles. The van der Waals surface area contributed by atoms with Crippen LogP contribution in [0.4, 0.5) is 16.2 Å². The second-order valence-electron chi connectivity index (χ2n) is 7.37. The molecule has 29 heavy (non-hydrogen) atoms. The van der Waals surface area contributed by atoms with E-state index >= 15 is 0 Å². The average molecular weight is 393 g/mol. The van der Waals surface area contributed by atoms with Crippen LogP contribution in [0.5, 0.6) is 5.75 Å². The van der Waals surface area contributed by atoms with Crippen LogP contribution in [0.1, 0.15) is 25.8 Å². The lowest BCUT2D eigenvalue weighted by Crippen LogP contribution is -2.39. The molecule has 1 aromatic heterocycles. The molecule has 0 radical (unpaired) electrons. The van der Waals surface area contributed by atoms with Gasteiger partial charge < -0.3 is 20.4 Å². The Hall–Kier alpha value is -3.15. The number of hydrogen-bond acceptors (Lipinski definition) is 3. The van der Waals surface area contributed by atoms with Gasteiger partial charge in [0.15, 0.2) is 0 Å². The van der Waals surface area contributed by atoms with Crippen LogP contribution >= 0.6 is 0 Å². The first-order valence-electron chi connectivity index (χ1n) is 10.2. The number of urea groups is 1. The topological polar surface area (TPSA) is 72.5 Å². The second-order valence-corrected chi connectivity index (χ2v) is 7.37. The summed E-state index contributed by atoms with van der Waals surface area (Å²) >= 11 is 0. The van der Waals surface area contributed by atoms with E-state index in [0.29, 0.717) is 13.1 Å². The lowest BCUT2D eigenvalue weighted by atomic mass is 10.0. The molecular weight excluding hydrogens is 364 g/mol. The number of carbonyl (C=O) groups excluding carboxylic acids is 1. The molecule has 6 nitrogen and oxygen atoms in total. The van der Waals surface area contributed by atoms with Crippen molar-refractivity contribution in [1.29, 1.82) is 0 Å². The molecule has 3 N–H and O–H groups in total. The van der Waals surface area contributed by atoms with E-state index in [2.05, 4.69) is 35.9 Å². The van der Waals surface area contributed by atoms with Crippen LogP contribution in [-0.2, 0) is 13.0 Å². The van der Waals surface area contributed by atoms with E-state index in [0.717, 1.165) is 58.7 Å². The number of nitrogen functional groups attached to an aromatic ring is 1. The Morgan fingerprint density at radius 3 is 2.76 bits per heavy atom. The summed E-state index contributed by atoms with van der Waals surface area (Å²) in [6, 6.07) is 12.3. The fourth-order valence-electron chi connectivity index (χ4n) is 4.21. The van der Waals surface area contributed by atoms with E-state index in [4.69, 9.17) is 10.5 Å². The van der Waals surface area contributed by atoms with E-state index < -0.39 is 0 Å². The number of aryl methyl sites for hydroxylation is 1. The minimum Gasteiger partial charge on any atom is -0.497 e. The van der Waals surface area contributed by atoms with Crippen molar-refractivity contribution in [2.45, 2.75) is 33.2 Å². The summed E-state index contributed by atoms with van der Waals surface area (Å²) in [7, 11) is 1.67. The molecule has 0 fully saturated rings. The maximum absolute atomic E-state index is 12.4. The van der Waals surface area contributed by atoms with E-state index in [1.165, 1.54) is 5.56 Å². The molecule has 1 aliphatic heterocycles. The molecule has 1 aliphatic rings. The summed E-state index contributed by atoms with van der Waals surface area (Å²) in [5.41, 5.74) is 12.7. The summed E-state index contributed by atoms with van der Waals surface area (Å²) in [6.07, 6.45) is 1.78. The van der Waals surface area contributed by atoms with Gasteiger partial charge in [-0.1, -0.05) is 13.0 Å². The molecule has 0 unspecified atom stereocenters. The smallest absolute Gasteiger partial charge is 0.321 e. The molecule has 152 valence electrons. The minimum absolute atomic E-state index is 0.0207. The van der Waals surface area contributed by atoms with E-state index in [1.54, 1.807) is 7.11 Å². The quantitative estimate of drug-likeness (QED) is 0.676. The van der Waals surface area contributed by atoms with Crippen LogP contribution in [0, 0.1) is 0 Å². The predicted molar refractivity (Wildman–Crippen MR) is 119 cm³/mol. The zero-order valence-corrected chi connectivity index (χ0v) is 17.3. The number of hydrogen-bond donors (Lipinski definition) is 2. The van der Waals surface area contributed by atoms with Gasteiger partial charge in [0.05, 0.1) is 24.0 Å². The molecule has 2 aromatic carbocycles. The number of amides is 2. The van der Waals surface area contributed by atoms with Crippen molar-refractivity contribution in [3.63, 3.8) is 0 Å². The number of benzene rings is 2. The molecule has 0 spiro atoms. The third kappa shape index (κ3) is 3.18. The summed E-state index contributed by atoms with van der Waals surface area (Å²) in [6.45, 7) is 6.38. The normalized spacial score (nSPS) is 13.0. The number of fused-ring (bicyclic) bond motifs is 2. The van der Waals surface area contributed by atoms with Crippen molar-refractivity contribution in [2.75, 3.05) is 30.8 Å². The van der Waals surface area contributed by atoms with Crippen molar-refractivity contribution in [3.05, 3.63) is 42.0 Å². The number of methoxy groups -OCH3 is 1. The number of nitrogens with two attached hydrogens (primary N) is 1. The maximum atomic E-state index is 12.4. The van der Waals surface area contributed by atoms with Crippen molar-refractivity contribution < 1.29 is 9.53 Å². The second kappa shape index (κ2) is 7.70. The SMILES string of the molecule is CCCNC(=O)N1CCc2cc(-c3c(N)c4ccc(OC)cc4n3CC)ccc21. The summed E-state index contributed by atoms with van der Waals surface area (Å²) in [5.74, 6) is 0.818. The maximum Gasteiger partial charge on any atom is 0.321 e. The minimum atomic E-state index is -0.0207. The van der Waals surface area contributed by atoms with Gasteiger partial charge in [0.2, 0.25) is 0 Å². The van der Waals surface area contributed by atoms with Gasteiger partial charge in [-0.3, -0.25) is 4.90 Å². The van der Waals surface area contributed by atoms with Gasteiger partial charge in [-0.25, -0.2) is 4.79 Å². The first-order chi connectivity index (χ1) is 14.1. The van der Waals surface area contributed by atoms with Crippen LogP contribution in [0.2, 0.25) is 0 Å². The molecule has 0 aliphatic carbocycles. The summed E-state index contributed by atoms with van der Waals surface area (Å²) in [5, 5.41) is 4.00. The van der Waals surface area contributed by atoms with Crippen LogP contribution in [0.15, 0.2) is 36.4 Å². The van der Waals surface area contributed by atoms with Gasteiger partial charge in [0.1, 0.15) is 5.75 Å². The average Bonchev–Trinajstić information content (AvgIpc) is 3.29. The third-order valence-electron chi connectivity index (χ3n) is 5.65. The van der Waals surface area contributed by atoms with E-state index in [1.807, 2.05) is 29.2 Å². The zero-order chi connectivity index (χ0) is 20.5. The molecule has 0 saturated carbocycles. The van der Waals surface area contributed by atoms with Crippen molar-refractivity contribution in [1.82, 2.24) is 9.88 Å². The molecule has 4 rings (SSSR count). The Kier molecular flexibility index (Phi) is 5.09. The number of nitrogens with zero attached hydrogens (tertiary/aromatic N) is 2. The highest BCUT2D eigenvalue weighted by Gasteiger charge is 2.26. The van der Waals surface area contributed by atoms with Gasteiger partial charge in [0, 0.05) is 42.3 Å².